The smallest absolute Gasteiger partial charge is 0.310 e. The number of ether oxygens (including phenoxy) is 2. The van der Waals surface area contributed by atoms with Gasteiger partial charge in [-0.15, -0.1) is 0 Å². The molecule has 2 aromatic carbocycles. The Morgan fingerprint density at radius 2 is 1.14 bits per heavy atom. The lowest BCUT2D eigenvalue weighted by molar-refractivity contribution is -0.159. The molecular weight excluding hydrogens is 1050 g/mol. The first-order chi connectivity index (χ1) is 36.4. The van der Waals surface area contributed by atoms with E-state index in [1.54, 1.807) is 41.1 Å². The molecule has 26 heteroatoms. The molecule has 402 valence electrons. The predicted octanol–water partition coefficient (Wildman–Crippen LogP) is 8.12. The molecule has 6 aromatic rings. The summed E-state index contributed by atoms with van der Waals surface area (Å²) >= 11 is 12.0. The number of amides is 4. The standard InChI is InChI=1S/C25H22ClFN6O6.C25H24ClFN6O4.CH4/c26-15-1-4-17(27)18(9-15)30-19-10-20(29-16-2-3-16)33-24(31-19)14(11-28-33)7-13-8-21(34)32(25(13)38)12-39-23(37)6-5-22(35)36;1-13(2)25(36)37-12-32-22(34)8-14(24(32)35)7-15-11-28-33-21(29-17-4-5-17)10-20(31-23(15)33)30-19-9-16(26)3-6-18(19)27;/h1,4,7,9-11,16,29H,2-3,5-6,8,12H2,(H,30,31)(H,35,36);3,6-7,9-11,13,17,29H,4-5,8,12H2,1-2H3,(H,30,31);1H4/b13-7+;14-7+;. The highest BCUT2D eigenvalue weighted by Gasteiger charge is 2.36. The van der Waals surface area contributed by atoms with E-state index in [4.69, 9.17) is 37.8 Å². The molecule has 5 N–H and O–H groups in total. The molecule has 2 aliphatic heterocycles. The highest BCUT2D eigenvalue weighted by Crippen LogP contribution is 2.33. The zero-order valence-electron chi connectivity index (χ0n) is 40.4. The number of hydrogen-bond donors (Lipinski definition) is 5. The number of rotatable bonds is 18. The quantitative estimate of drug-likeness (QED) is 0.0309. The third-order valence-electron chi connectivity index (χ3n) is 11.9. The number of esters is 2. The molecule has 2 aliphatic carbocycles. The Morgan fingerprint density at radius 3 is 1.56 bits per heavy atom. The monoisotopic (exact) mass is 1100 g/mol. The molecule has 0 radical (unpaired) electrons. The van der Waals surface area contributed by atoms with E-state index in [1.165, 1.54) is 54.9 Å². The van der Waals surface area contributed by atoms with E-state index >= 15 is 0 Å². The summed E-state index contributed by atoms with van der Waals surface area (Å²) in [5.41, 5.74) is 2.30. The van der Waals surface area contributed by atoms with Crippen molar-refractivity contribution in [3.63, 3.8) is 0 Å². The Bertz CT molecular complexity index is 3430. The third kappa shape index (κ3) is 13.1. The highest BCUT2D eigenvalue weighted by molar-refractivity contribution is 6.31. The minimum Gasteiger partial charge on any atom is -0.481 e. The third-order valence-corrected chi connectivity index (χ3v) is 12.4. The maximum atomic E-state index is 14.4. The number of benzene rings is 2. The molecule has 0 atom stereocenters. The van der Waals surface area contributed by atoms with E-state index in [0.29, 0.717) is 61.8 Å². The van der Waals surface area contributed by atoms with Gasteiger partial charge in [0.1, 0.15) is 34.9 Å². The maximum absolute atomic E-state index is 14.4. The molecule has 4 amide bonds. The van der Waals surface area contributed by atoms with Crippen LogP contribution in [0.2, 0.25) is 10.0 Å². The van der Waals surface area contributed by atoms with Crippen LogP contribution in [0.4, 0.5) is 43.4 Å². The number of nitrogens with zero attached hydrogens (tertiary/aromatic N) is 8. The number of nitrogens with one attached hydrogen (secondary N) is 4. The Hall–Kier alpha value is -8.51. The highest BCUT2D eigenvalue weighted by atomic mass is 35.5. The van der Waals surface area contributed by atoms with E-state index in [-0.39, 0.29) is 61.2 Å². The van der Waals surface area contributed by atoms with Crippen molar-refractivity contribution in [1.29, 1.82) is 0 Å². The average molecular weight is 1100 g/mol. The largest absolute Gasteiger partial charge is 0.481 e. The van der Waals surface area contributed by atoms with Crippen LogP contribution in [0.3, 0.4) is 0 Å². The van der Waals surface area contributed by atoms with Crippen molar-refractivity contribution < 1.29 is 56.9 Å². The molecule has 10 rings (SSSR count). The fourth-order valence-electron chi connectivity index (χ4n) is 7.65. The Morgan fingerprint density at radius 1 is 0.701 bits per heavy atom. The second kappa shape index (κ2) is 23.2. The number of carbonyl (C=O) groups excluding carboxylic acids is 6. The lowest BCUT2D eigenvalue weighted by Gasteiger charge is -2.14. The van der Waals surface area contributed by atoms with E-state index in [0.717, 1.165) is 35.5 Å². The number of carboxylic acids is 1. The normalized spacial score (nSPS) is 16.3. The van der Waals surface area contributed by atoms with Gasteiger partial charge >= 0.3 is 17.9 Å². The number of fused-ring (bicyclic) bond motifs is 2. The molecule has 4 fully saturated rings. The summed E-state index contributed by atoms with van der Waals surface area (Å²) in [6.45, 7) is 2.27. The number of anilines is 6. The number of aliphatic carboxylic acids is 1. The van der Waals surface area contributed by atoms with Gasteiger partial charge in [-0.3, -0.25) is 33.6 Å². The molecule has 2 saturated carbocycles. The van der Waals surface area contributed by atoms with Gasteiger partial charge in [0.2, 0.25) is 11.8 Å². The van der Waals surface area contributed by atoms with Crippen LogP contribution in [0.25, 0.3) is 23.4 Å². The van der Waals surface area contributed by atoms with Gasteiger partial charge in [-0.1, -0.05) is 44.5 Å². The van der Waals surface area contributed by atoms with Crippen molar-refractivity contribution in [1.82, 2.24) is 39.0 Å². The Kier molecular flexibility index (Phi) is 16.5. The lowest BCUT2D eigenvalue weighted by Crippen LogP contribution is -2.33. The van der Waals surface area contributed by atoms with Crippen LogP contribution in [0.5, 0.6) is 0 Å². The number of carbonyl (C=O) groups is 7. The Balaban J connectivity index is 0.000000201. The number of halogens is 4. The van der Waals surface area contributed by atoms with Crippen molar-refractivity contribution in [3.8, 4) is 0 Å². The van der Waals surface area contributed by atoms with Crippen molar-refractivity contribution in [2.24, 2.45) is 5.92 Å². The van der Waals surface area contributed by atoms with E-state index < -0.39 is 73.1 Å². The zero-order valence-corrected chi connectivity index (χ0v) is 42.0. The molecular formula is C51H50Cl2F2N12O10. The van der Waals surface area contributed by atoms with Crippen LogP contribution >= 0.6 is 23.2 Å². The minimum atomic E-state index is -1.17. The number of aromatic nitrogens is 6. The van der Waals surface area contributed by atoms with E-state index in [2.05, 4.69) is 41.4 Å². The summed E-state index contributed by atoms with van der Waals surface area (Å²) in [7, 11) is 0. The SMILES string of the molecule is C.CC(C)C(=O)OCN1C(=O)C/C(=C\c2cnn3c(NC4CC4)cc(Nc4cc(Cl)ccc4F)nc23)C1=O.O=C(O)CCC(=O)OCN1C(=O)C/C(=C\c2cnn3c(NC4CC4)cc(Nc4cc(Cl)ccc4F)nc23)C1=O. The minimum absolute atomic E-state index is 0. The van der Waals surface area contributed by atoms with Crippen LogP contribution in [-0.4, -0.2) is 111 Å². The van der Waals surface area contributed by atoms with Gasteiger partial charge in [0.05, 0.1) is 55.4 Å². The summed E-state index contributed by atoms with van der Waals surface area (Å²) in [6.07, 6.45) is 8.87. The molecule has 6 heterocycles. The number of likely N-dealkylation sites (tertiary alicyclic amines) is 2. The van der Waals surface area contributed by atoms with Crippen LogP contribution in [0, 0.1) is 17.6 Å². The maximum Gasteiger partial charge on any atom is 0.310 e. The summed E-state index contributed by atoms with van der Waals surface area (Å²) < 4.78 is 41.8. The number of carboxylic acid groups (broad SMARTS) is 1. The molecule has 0 spiro atoms. The van der Waals surface area contributed by atoms with Crippen molar-refractivity contribution >= 4 is 123 Å². The lowest BCUT2D eigenvalue weighted by atomic mass is 10.1. The van der Waals surface area contributed by atoms with E-state index in [9.17, 15) is 42.3 Å². The van der Waals surface area contributed by atoms with Crippen LogP contribution < -0.4 is 21.3 Å². The Labute approximate surface area is 447 Å². The van der Waals surface area contributed by atoms with Crippen molar-refractivity contribution in [2.75, 3.05) is 34.7 Å². The first-order valence-corrected chi connectivity index (χ1v) is 24.5. The van der Waals surface area contributed by atoms with Crippen molar-refractivity contribution in [2.45, 2.75) is 84.7 Å². The summed E-state index contributed by atoms with van der Waals surface area (Å²) in [5, 5.41) is 30.8. The van der Waals surface area contributed by atoms with Crippen LogP contribution in [0.1, 0.15) is 83.8 Å². The first-order valence-electron chi connectivity index (χ1n) is 23.8. The fraction of sp³-hybridized carbons (Fsp3) is 0.314. The van der Waals surface area contributed by atoms with Crippen LogP contribution in [-0.2, 0) is 43.0 Å². The first kappa shape index (κ1) is 54.7. The van der Waals surface area contributed by atoms with Crippen LogP contribution in [0.15, 0.2) is 72.1 Å². The van der Waals surface area contributed by atoms with Gasteiger partial charge in [-0.05, 0) is 74.2 Å². The summed E-state index contributed by atoms with van der Waals surface area (Å²) in [5.74, 6) is -4.27. The molecule has 2 saturated heterocycles. The van der Waals surface area contributed by atoms with Crippen molar-refractivity contribution in [3.05, 3.63) is 105 Å². The molecule has 0 bridgehead atoms. The topological polar surface area (TPSA) is 273 Å². The summed E-state index contributed by atoms with van der Waals surface area (Å²) in [4.78, 5) is 95.5. The van der Waals surface area contributed by atoms with Gasteiger partial charge in [-0.25, -0.2) is 28.5 Å². The predicted molar refractivity (Wildman–Crippen MR) is 278 cm³/mol. The molecule has 22 nitrogen and oxygen atoms in total. The van der Waals surface area contributed by atoms with Gasteiger partial charge in [-0.2, -0.15) is 19.2 Å². The van der Waals surface area contributed by atoms with Gasteiger partial charge in [0, 0.05) is 56.5 Å². The second-order valence-electron chi connectivity index (χ2n) is 18.3. The number of imide groups is 2. The second-order valence-corrected chi connectivity index (χ2v) is 19.2. The average Bonchev–Trinajstić information content (AvgIpc) is 4.26. The number of hydrogen-bond acceptors (Lipinski definition) is 17. The molecule has 77 heavy (non-hydrogen) atoms. The van der Waals surface area contributed by atoms with Gasteiger partial charge < -0.3 is 35.8 Å². The molecule has 0 unspecified atom stereocenters. The summed E-state index contributed by atoms with van der Waals surface area (Å²) in [6, 6.07) is 12.2. The van der Waals surface area contributed by atoms with Gasteiger partial charge in [0.25, 0.3) is 11.8 Å². The molecule has 4 aromatic heterocycles. The zero-order chi connectivity index (χ0) is 53.9. The molecule has 4 aliphatic rings. The van der Waals surface area contributed by atoms with Gasteiger partial charge in [0.15, 0.2) is 24.8 Å². The van der Waals surface area contributed by atoms with E-state index in [1.807, 2.05) is 0 Å². The fourth-order valence-corrected chi connectivity index (χ4v) is 7.99.